The highest BCUT2D eigenvalue weighted by molar-refractivity contribution is 6.31. The number of piperidine rings is 1. The molecular weight excluding hydrogens is 346 g/mol. The molecule has 0 bridgehead atoms. The first-order chi connectivity index (χ1) is 12.7. The number of nitrogens with zero attached hydrogens (tertiary/aromatic N) is 2. The van der Waals surface area contributed by atoms with Crippen molar-refractivity contribution in [2.75, 3.05) is 13.1 Å². The zero-order chi connectivity index (χ0) is 18.1. The Morgan fingerprint density at radius 1 is 1.23 bits per heavy atom. The summed E-state index contributed by atoms with van der Waals surface area (Å²) in [6.07, 6.45) is 3.13. The second kappa shape index (κ2) is 7.28. The van der Waals surface area contributed by atoms with Crippen LogP contribution in [0.1, 0.15) is 35.6 Å². The standard InChI is InChI=1S/C21H22ClN3O/c22-19-11-17(8-7-15(19)12-23)26-21-18-6-2-1-4-14(18)10-20(21)25-9-3-5-16(24)13-25/h1-2,4,6-8,11,16,20-21H,3,5,9-10,13,24H2/t16-,20-,21-/m1/s1. The third kappa shape index (κ3) is 3.31. The van der Waals surface area contributed by atoms with Crippen molar-refractivity contribution in [1.82, 2.24) is 4.90 Å². The van der Waals surface area contributed by atoms with Crippen LogP contribution in [-0.4, -0.2) is 30.1 Å². The number of nitrogens with two attached hydrogens (primary N) is 1. The quantitative estimate of drug-likeness (QED) is 0.898. The molecule has 5 heteroatoms. The molecule has 1 fully saturated rings. The van der Waals surface area contributed by atoms with Gasteiger partial charge in [-0.3, -0.25) is 4.90 Å². The Morgan fingerprint density at radius 3 is 2.85 bits per heavy atom. The second-order valence-electron chi connectivity index (χ2n) is 7.16. The van der Waals surface area contributed by atoms with Crippen molar-refractivity contribution < 1.29 is 4.74 Å². The molecule has 0 spiro atoms. The van der Waals surface area contributed by atoms with Gasteiger partial charge in [-0.1, -0.05) is 35.9 Å². The predicted octanol–water partition coefficient (Wildman–Crippen LogP) is 3.68. The van der Waals surface area contributed by atoms with Gasteiger partial charge >= 0.3 is 0 Å². The summed E-state index contributed by atoms with van der Waals surface area (Å²) in [5.74, 6) is 0.696. The molecule has 0 unspecified atom stereocenters. The topological polar surface area (TPSA) is 62.3 Å². The summed E-state index contributed by atoms with van der Waals surface area (Å²) in [4.78, 5) is 2.48. The summed E-state index contributed by atoms with van der Waals surface area (Å²) in [7, 11) is 0. The summed E-state index contributed by atoms with van der Waals surface area (Å²) >= 11 is 6.19. The molecule has 2 aliphatic rings. The molecule has 1 heterocycles. The van der Waals surface area contributed by atoms with Crippen molar-refractivity contribution in [1.29, 1.82) is 5.26 Å². The van der Waals surface area contributed by atoms with Crippen LogP contribution in [0, 0.1) is 11.3 Å². The van der Waals surface area contributed by atoms with Gasteiger partial charge in [0.15, 0.2) is 0 Å². The zero-order valence-corrected chi connectivity index (χ0v) is 15.3. The lowest BCUT2D eigenvalue weighted by molar-refractivity contribution is 0.0593. The van der Waals surface area contributed by atoms with Gasteiger partial charge < -0.3 is 10.5 Å². The lowest BCUT2D eigenvalue weighted by Crippen LogP contribution is -2.49. The first kappa shape index (κ1) is 17.4. The Hall–Kier alpha value is -2.06. The van der Waals surface area contributed by atoms with E-state index in [1.54, 1.807) is 12.1 Å². The maximum absolute atomic E-state index is 9.07. The van der Waals surface area contributed by atoms with Gasteiger partial charge in [0.05, 0.1) is 16.6 Å². The maximum atomic E-state index is 9.07. The van der Waals surface area contributed by atoms with Crippen molar-refractivity contribution in [3.05, 3.63) is 64.2 Å². The Balaban J connectivity index is 1.63. The zero-order valence-electron chi connectivity index (χ0n) is 14.6. The molecule has 1 aliphatic heterocycles. The molecule has 3 atom stereocenters. The van der Waals surface area contributed by atoms with E-state index >= 15 is 0 Å². The van der Waals surface area contributed by atoms with Crippen molar-refractivity contribution in [2.24, 2.45) is 5.73 Å². The van der Waals surface area contributed by atoms with Crippen molar-refractivity contribution in [3.63, 3.8) is 0 Å². The van der Waals surface area contributed by atoms with Gasteiger partial charge in [-0.25, -0.2) is 0 Å². The van der Waals surface area contributed by atoms with E-state index in [4.69, 9.17) is 27.3 Å². The van der Waals surface area contributed by atoms with E-state index < -0.39 is 0 Å². The van der Waals surface area contributed by atoms with Crippen LogP contribution >= 0.6 is 11.6 Å². The van der Waals surface area contributed by atoms with Crippen LogP contribution in [0.15, 0.2) is 42.5 Å². The van der Waals surface area contributed by atoms with Crippen molar-refractivity contribution >= 4 is 11.6 Å². The number of hydrogen-bond donors (Lipinski definition) is 1. The lowest BCUT2D eigenvalue weighted by Gasteiger charge is -2.38. The fourth-order valence-corrected chi connectivity index (χ4v) is 4.36. The van der Waals surface area contributed by atoms with Crippen LogP contribution in [0.4, 0.5) is 0 Å². The molecule has 134 valence electrons. The van der Waals surface area contributed by atoms with Crippen LogP contribution in [0.25, 0.3) is 0 Å². The molecule has 0 amide bonds. The van der Waals surface area contributed by atoms with E-state index in [2.05, 4.69) is 35.2 Å². The first-order valence-corrected chi connectivity index (χ1v) is 9.47. The monoisotopic (exact) mass is 367 g/mol. The summed E-state index contributed by atoms with van der Waals surface area (Å²) in [5.41, 5.74) is 9.25. The number of fused-ring (bicyclic) bond motifs is 1. The number of rotatable bonds is 3. The summed E-state index contributed by atoms with van der Waals surface area (Å²) in [6.45, 7) is 1.97. The highest BCUT2D eigenvalue weighted by Gasteiger charge is 2.39. The van der Waals surface area contributed by atoms with Gasteiger partial charge in [-0.2, -0.15) is 5.26 Å². The summed E-state index contributed by atoms with van der Waals surface area (Å²) in [6, 6.07) is 16.3. The molecule has 2 aromatic rings. The highest BCUT2D eigenvalue weighted by Crippen LogP contribution is 2.39. The number of hydrogen-bond acceptors (Lipinski definition) is 4. The molecule has 2 N–H and O–H groups in total. The fraction of sp³-hybridized carbons (Fsp3) is 0.381. The van der Waals surface area contributed by atoms with E-state index in [1.807, 2.05) is 6.07 Å². The van der Waals surface area contributed by atoms with Crippen LogP contribution in [0.2, 0.25) is 5.02 Å². The van der Waals surface area contributed by atoms with Gasteiger partial charge in [-0.15, -0.1) is 0 Å². The normalized spacial score (nSPS) is 25.5. The molecule has 0 saturated carbocycles. The number of likely N-dealkylation sites (tertiary alicyclic amines) is 1. The minimum absolute atomic E-state index is 0.0551. The smallest absolute Gasteiger partial charge is 0.140 e. The van der Waals surface area contributed by atoms with Gasteiger partial charge in [0.25, 0.3) is 0 Å². The first-order valence-electron chi connectivity index (χ1n) is 9.09. The highest BCUT2D eigenvalue weighted by atomic mass is 35.5. The molecule has 1 saturated heterocycles. The van der Waals surface area contributed by atoms with Crippen molar-refractivity contribution in [2.45, 2.75) is 37.5 Å². The largest absolute Gasteiger partial charge is 0.484 e. The van der Waals surface area contributed by atoms with Gasteiger partial charge in [0.2, 0.25) is 0 Å². The van der Waals surface area contributed by atoms with Crippen LogP contribution in [0.5, 0.6) is 5.75 Å². The second-order valence-corrected chi connectivity index (χ2v) is 7.57. The van der Waals surface area contributed by atoms with E-state index in [9.17, 15) is 0 Å². The van der Waals surface area contributed by atoms with E-state index in [-0.39, 0.29) is 18.2 Å². The molecule has 4 rings (SSSR count). The van der Waals surface area contributed by atoms with Crippen LogP contribution in [0.3, 0.4) is 0 Å². The number of nitriles is 1. The Kier molecular flexibility index (Phi) is 4.86. The Bertz CT molecular complexity index is 847. The Morgan fingerprint density at radius 2 is 2.08 bits per heavy atom. The molecular formula is C21H22ClN3O. The fourth-order valence-electron chi connectivity index (χ4n) is 4.15. The van der Waals surface area contributed by atoms with E-state index in [0.29, 0.717) is 16.3 Å². The third-order valence-corrected chi connectivity index (χ3v) is 5.74. The van der Waals surface area contributed by atoms with Gasteiger partial charge in [0.1, 0.15) is 17.9 Å². The number of ether oxygens (including phenoxy) is 1. The molecule has 0 radical (unpaired) electrons. The van der Waals surface area contributed by atoms with E-state index in [0.717, 1.165) is 32.4 Å². The van der Waals surface area contributed by atoms with Gasteiger partial charge in [0, 0.05) is 18.7 Å². The predicted molar refractivity (Wildman–Crippen MR) is 102 cm³/mol. The maximum Gasteiger partial charge on any atom is 0.140 e. The number of benzene rings is 2. The summed E-state index contributed by atoms with van der Waals surface area (Å²) in [5, 5.41) is 9.49. The minimum atomic E-state index is -0.0551. The molecule has 0 aromatic heterocycles. The van der Waals surface area contributed by atoms with Gasteiger partial charge in [-0.05, 0) is 49.1 Å². The third-order valence-electron chi connectivity index (χ3n) is 5.42. The average molecular weight is 368 g/mol. The number of halogens is 1. The molecule has 1 aliphatic carbocycles. The van der Waals surface area contributed by atoms with Crippen molar-refractivity contribution in [3.8, 4) is 11.8 Å². The average Bonchev–Trinajstić information content (AvgIpc) is 3.01. The summed E-state index contributed by atoms with van der Waals surface area (Å²) < 4.78 is 6.41. The van der Waals surface area contributed by atoms with Crippen LogP contribution in [-0.2, 0) is 6.42 Å². The SMILES string of the molecule is N#Cc1ccc(O[C@@H]2c3ccccc3C[C@H]2N2CCC[C@@H](N)C2)cc1Cl. The molecule has 2 aromatic carbocycles. The van der Waals surface area contributed by atoms with E-state index in [1.165, 1.54) is 11.1 Å². The lowest BCUT2D eigenvalue weighted by atomic mass is 10.0. The minimum Gasteiger partial charge on any atom is -0.484 e. The van der Waals surface area contributed by atoms with Crippen LogP contribution < -0.4 is 10.5 Å². The Labute approximate surface area is 159 Å². The molecule has 26 heavy (non-hydrogen) atoms. The molecule has 4 nitrogen and oxygen atoms in total.